The number of rotatable bonds is 6. The van der Waals surface area contributed by atoms with Gasteiger partial charge in [0.25, 0.3) is 0 Å². The number of methoxy groups -OCH3 is 2. The van der Waals surface area contributed by atoms with Crippen molar-refractivity contribution in [1.82, 2.24) is 0 Å². The quantitative estimate of drug-likeness (QED) is 0.301. The molecule has 0 fully saturated rings. The number of terminal acetylenes is 1. The fourth-order valence-electron chi connectivity index (χ4n) is 2.44. The van der Waals surface area contributed by atoms with Crippen molar-refractivity contribution in [3.8, 4) is 18.1 Å². The van der Waals surface area contributed by atoms with Gasteiger partial charge in [0.1, 0.15) is 11.6 Å². The number of hydrogen-bond donors (Lipinski definition) is 1. The van der Waals surface area contributed by atoms with Gasteiger partial charge in [-0.2, -0.15) is 0 Å². The van der Waals surface area contributed by atoms with Crippen LogP contribution in [0.5, 0.6) is 5.75 Å². The third-order valence-electron chi connectivity index (χ3n) is 3.52. The monoisotopic (exact) mass is 474 g/mol. The fourth-order valence-corrected chi connectivity index (χ4v) is 3.34. The van der Waals surface area contributed by atoms with Crippen LogP contribution in [0.3, 0.4) is 0 Å². The third kappa shape index (κ3) is 5.30. The first-order valence-corrected chi connectivity index (χ1v) is 8.60. The van der Waals surface area contributed by atoms with Crippen LogP contribution in [0.15, 0.2) is 24.3 Å². The molecule has 2 rings (SSSR count). The number of benzene rings is 2. The second-order valence-corrected chi connectivity index (χ2v) is 6.18. The minimum atomic E-state index is -0.708. The Kier molecular flexibility index (Phi) is 9.34. The van der Waals surface area contributed by atoms with Crippen LogP contribution >= 0.6 is 22.6 Å². The standard InChI is InChI=1S/C18H16FIO4.CH4O/c1-4-11(8-16(21)23-3)17-14(19)6-5-12-7-13(24-10-22-2)9-15(20)18(12)17;1-2/h1,5-7,9,11H,8,10H2,2-3H3;2H,1H3. The lowest BCUT2D eigenvalue weighted by Gasteiger charge is -2.16. The van der Waals surface area contributed by atoms with Crippen LogP contribution in [0.25, 0.3) is 10.8 Å². The maximum atomic E-state index is 14.5. The van der Waals surface area contributed by atoms with Crippen molar-refractivity contribution in [3.63, 3.8) is 0 Å². The van der Waals surface area contributed by atoms with Crippen LogP contribution in [-0.4, -0.2) is 39.2 Å². The number of hydrogen-bond acceptors (Lipinski definition) is 5. The molecule has 0 aliphatic carbocycles. The highest BCUT2D eigenvalue weighted by Crippen LogP contribution is 2.35. The van der Waals surface area contributed by atoms with E-state index in [1.165, 1.54) is 20.3 Å². The average molecular weight is 474 g/mol. The molecule has 0 aromatic heterocycles. The van der Waals surface area contributed by atoms with Crippen molar-refractivity contribution >= 4 is 39.3 Å². The molecule has 0 saturated heterocycles. The summed E-state index contributed by atoms with van der Waals surface area (Å²) in [6, 6.07) is 6.55. The Morgan fingerprint density at radius 1 is 1.35 bits per heavy atom. The first-order chi connectivity index (χ1) is 12.5. The number of esters is 1. The minimum Gasteiger partial charge on any atom is -0.469 e. The predicted molar refractivity (Wildman–Crippen MR) is 105 cm³/mol. The van der Waals surface area contributed by atoms with Crippen molar-refractivity contribution in [1.29, 1.82) is 0 Å². The first kappa shape index (κ1) is 22.2. The zero-order valence-corrected chi connectivity index (χ0v) is 16.9. The number of ether oxygens (including phenoxy) is 3. The van der Waals surface area contributed by atoms with E-state index < -0.39 is 17.7 Å². The highest BCUT2D eigenvalue weighted by atomic mass is 127. The van der Waals surface area contributed by atoms with E-state index >= 15 is 0 Å². The fraction of sp³-hybridized carbons (Fsp3) is 0.316. The van der Waals surface area contributed by atoms with Gasteiger partial charge < -0.3 is 19.3 Å². The third-order valence-corrected chi connectivity index (χ3v) is 4.37. The molecule has 0 radical (unpaired) electrons. The molecule has 5 nitrogen and oxygen atoms in total. The van der Waals surface area contributed by atoms with Crippen LogP contribution in [-0.2, 0) is 14.3 Å². The maximum absolute atomic E-state index is 14.5. The smallest absolute Gasteiger partial charge is 0.307 e. The molecule has 2 aromatic carbocycles. The zero-order chi connectivity index (χ0) is 19.7. The first-order valence-electron chi connectivity index (χ1n) is 7.52. The molecule has 0 spiro atoms. The number of carbonyl (C=O) groups excluding carboxylic acids is 1. The summed E-state index contributed by atoms with van der Waals surface area (Å²) < 4.78 is 30.3. The molecule has 0 bridgehead atoms. The van der Waals surface area contributed by atoms with E-state index in [1.807, 2.05) is 0 Å². The Morgan fingerprint density at radius 3 is 2.62 bits per heavy atom. The van der Waals surface area contributed by atoms with E-state index in [4.69, 9.17) is 21.0 Å². The molecule has 1 atom stereocenters. The largest absolute Gasteiger partial charge is 0.469 e. The van der Waals surface area contributed by atoms with Crippen molar-refractivity contribution in [2.45, 2.75) is 12.3 Å². The molecule has 0 heterocycles. The summed E-state index contributed by atoms with van der Waals surface area (Å²) in [5.41, 5.74) is 0.322. The summed E-state index contributed by atoms with van der Waals surface area (Å²) in [5.74, 6) is 1.47. The summed E-state index contributed by atoms with van der Waals surface area (Å²) in [6.45, 7) is 0.116. The number of halogens is 2. The van der Waals surface area contributed by atoms with Gasteiger partial charge in [-0.3, -0.25) is 4.79 Å². The van der Waals surface area contributed by atoms with Gasteiger partial charge in [0.05, 0.1) is 19.4 Å². The van der Waals surface area contributed by atoms with Crippen molar-refractivity contribution in [3.05, 3.63) is 39.2 Å². The molecule has 2 aromatic rings. The highest BCUT2D eigenvalue weighted by molar-refractivity contribution is 14.1. The van der Waals surface area contributed by atoms with Gasteiger partial charge in [-0.25, -0.2) is 4.39 Å². The highest BCUT2D eigenvalue weighted by Gasteiger charge is 2.22. The van der Waals surface area contributed by atoms with E-state index in [9.17, 15) is 9.18 Å². The van der Waals surface area contributed by atoms with E-state index in [0.717, 1.165) is 16.1 Å². The van der Waals surface area contributed by atoms with Crippen molar-refractivity contribution < 1.29 is 28.5 Å². The molecule has 140 valence electrons. The summed E-state index contributed by atoms with van der Waals surface area (Å²) in [5, 5.41) is 8.45. The van der Waals surface area contributed by atoms with E-state index in [-0.39, 0.29) is 13.2 Å². The predicted octanol–water partition coefficient (Wildman–Crippen LogP) is 3.45. The molecular formula is C19H20FIO5. The number of aliphatic hydroxyl groups is 1. The van der Waals surface area contributed by atoms with Gasteiger partial charge in [-0.1, -0.05) is 12.0 Å². The Bertz CT molecular complexity index is 801. The van der Waals surface area contributed by atoms with Gasteiger partial charge in [0, 0.05) is 28.7 Å². The lowest BCUT2D eigenvalue weighted by atomic mass is 9.91. The van der Waals surface area contributed by atoms with Crippen LogP contribution < -0.4 is 4.74 Å². The Hall–Kier alpha value is -1.89. The molecule has 26 heavy (non-hydrogen) atoms. The van der Waals surface area contributed by atoms with Crippen LogP contribution in [0.4, 0.5) is 4.39 Å². The molecule has 1 N–H and O–H groups in total. The minimum absolute atomic E-state index is 0.0823. The lowest BCUT2D eigenvalue weighted by Crippen LogP contribution is -2.10. The second-order valence-electron chi connectivity index (χ2n) is 5.01. The average Bonchev–Trinajstić information content (AvgIpc) is 2.66. The van der Waals surface area contributed by atoms with Gasteiger partial charge >= 0.3 is 5.97 Å². The topological polar surface area (TPSA) is 65.0 Å². The van der Waals surface area contributed by atoms with E-state index in [2.05, 4.69) is 33.2 Å². The summed E-state index contributed by atoms with van der Waals surface area (Å²) in [4.78, 5) is 11.6. The zero-order valence-electron chi connectivity index (χ0n) is 14.7. The normalized spacial score (nSPS) is 11.1. The number of fused-ring (bicyclic) bond motifs is 1. The molecule has 0 aliphatic rings. The van der Waals surface area contributed by atoms with E-state index in [0.29, 0.717) is 16.7 Å². The van der Waals surface area contributed by atoms with Crippen LogP contribution in [0, 0.1) is 21.7 Å². The summed E-state index contributed by atoms with van der Waals surface area (Å²) in [6.07, 6.45) is 5.46. The van der Waals surface area contributed by atoms with E-state index in [1.54, 1.807) is 18.2 Å². The summed E-state index contributed by atoms with van der Waals surface area (Å²) in [7, 11) is 3.81. The molecule has 0 amide bonds. The molecular weight excluding hydrogens is 454 g/mol. The second kappa shape index (κ2) is 11.0. The van der Waals surface area contributed by atoms with Gasteiger partial charge in [-0.05, 0) is 46.2 Å². The van der Waals surface area contributed by atoms with Crippen LogP contribution in [0.2, 0.25) is 0 Å². The van der Waals surface area contributed by atoms with Gasteiger partial charge in [0.15, 0.2) is 6.79 Å². The number of carbonyl (C=O) groups is 1. The summed E-state index contributed by atoms with van der Waals surface area (Å²) >= 11 is 2.10. The lowest BCUT2D eigenvalue weighted by molar-refractivity contribution is -0.140. The van der Waals surface area contributed by atoms with Gasteiger partial charge in [0.2, 0.25) is 0 Å². The Balaban J connectivity index is 0.00000163. The Morgan fingerprint density at radius 2 is 2.04 bits per heavy atom. The van der Waals surface area contributed by atoms with Crippen LogP contribution in [0.1, 0.15) is 17.9 Å². The molecule has 1 unspecified atom stereocenters. The Labute approximate surface area is 165 Å². The van der Waals surface area contributed by atoms with Crippen molar-refractivity contribution in [2.75, 3.05) is 28.1 Å². The SMILES string of the molecule is C#CC(CC(=O)OC)c1c(F)ccc2cc(OCOC)cc(I)c12.CO. The molecule has 0 aliphatic heterocycles. The van der Waals surface area contributed by atoms with Gasteiger partial charge in [-0.15, -0.1) is 6.42 Å². The maximum Gasteiger partial charge on any atom is 0.307 e. The molecule has 7 heteroatoms. The number of aliphatic hydroxyl groups excluding tert-OH is 1. The van der Waals surface area contributed by atoms with Crippen molar-refractivity contribution in [2.24, 2.45) is 0 Å². The molecule has 0 saturated carbocycles.